The predicted octanol–water partition coefficient (Wildman–Crippen LogP) is 4.94. The summed E-state index contributed by atoms with van der Waals surface area (Å²) in [4.78, 5) is 17.7. The lowest BCUT2D eigenvalue weighted by molar-refractivity contribution is 0.313. The average Bonchev–Trinajstić information content (AvgIpc) is 2.88. The highest BCUT2D eigenvalue weighted by Gasteiger charge is 2.14. The molecule has 0 spiro atoms. The van der Waals surface area contributed by atoms with Crippen LogP contribution in [-0.4, -0.2) is 49.3 Å². The van der Waals surface area contributed by atoms with Gasteiger partial charge in [0.1, 0.15) is 5.75 Å². The number of nitrogens with zero attached hydrogens (tertiary/aromatic N) is 3. The average molecular weight is 469 g/mol. The highest BCUT2D eigenvalue weighted by atomic mass is 16.5. The first-order chi connectivity index (χ1) is 17.1. The van der Waals surface area contributed by atoms with Gasteiger partial charge in [0, 0.05) is 54.9 Å². The number of fused-ring (bicyclic) bond motifs is 1. The van der Waals surface area contributed by atoms with Crippen LogP contribution < -0.4 is 20.5 Å². The van der Waals surface area contributed by atoms with Crippen molar-refractivity contribution in [1.29, 1.82) is 0 Å². The summed E-state index contributed by atoms with van der Waals surface area (Å²) in [7, 11) is 2.17. The summed E-state index contributed by atoms with van der Waals surface area (Å²) in [5.41, 5.74) is 5.07. The molecule has 1 aliphatic heterocycles. The summed E-state index contributed by atoms with van der Waals surface area (Å²) in [6.45, 7) is 7.30. The lowest BCUT2D eigenvalue weighted by atomic mass is 10.1. The molecule has 35 heavy (non-hydrogen) atoms. The molecule has 0 bridgehead atoms. The maximum Gasteiger partial charge on any atom is 0.251 e. The van der Waals surface area contributed by atoms with Crippen molar-refractivity contribution in [3.63, 3.8) is 0 Å². The number of hydrogen-bond acceptors (Lipinski definition) is 5. The number of piperazine rings is 1. The Hall–Kier alpha value is -3.77. The predicted molar refractivity (Wildman–Crippen MR) is 144 cm³/mol. The fourth-order valence-electron chi connectivity index (χ4n) is 4.62. The maximum absolute atomic E-state index is 12.9. The Morgan fingerprint density at radius 1 is 0.857 bits per heavy atom. The molecule has 5 rings (SSSR count). The van der Waals surface area contributed by atoms with Crippen LogP contribution in [0.5, 0.6) is 5.75 Å². The zero-order valence-corrected chi connectivity index (χ0v) is 20.4. The summed E-state index contributed by atoms with van der Waals surface area (Å²) < 4.78 is 7.60. The molecule has 0 aliphatic carbocycles. The van der Waals surface area contributed by atoms with Crippen molar-refractivity contribution in [2.75, 3.05) is 50.1 Å². The van der Waals surface area contributed by atoms with Gasteiger partial charge in [-0.25, -0.2) is 0 Å². The first kappa shape index (κ1) is 23.0. The number of rotatable bonds is 7. The molecule has 2 heterocycles. The van der Waals surface area contributed by atoms with Gasteiger partial charge in [-0.15, -0.1) is 0 Å². The lowest BCUT2D eigenvalue weighted by Crippen LogP contribution is -2.44. The van der Waals surface area contributed by atoms with Crippen LogP contribution in [0.1, 0.15) is 12.5 Å². The van der Waals surface area contributed by atoms with E-state index in [0.717, 1.165) is 59.8 Å². The maximum atomic E-state index is 12.9. The first-order valence-electron chi connectivity index (χ1n) is 12.3. The Labute approximate surface area is 206 Å². The van der Waals surface area contributed by atoms with E-state index < -0.39 is 0 Å². The highest BCUT2D eigenvalue weighted by Crippen LogP contribution is 2.26. The summed E-state index contributed by atoms with van der Waals surface area (Å²) in [6.07, 6.45) is 0. The molecule has 6 heteroatoms. The summed E-state index contributed by atoms with van der Waals surface area (Å²) >= 11 is 0. The van der Waals surface area contributed by atoms with E-state index >= 15 is 0 Å². The minimum absolute atomic E-state index is 0.0301. The van der Waals surface area contributed by atoms with Gasteiger partial charge in [-0.1, -0.05) is 24.3 Å². The molecular weight excluding hydrogens is 436 g/mol. The summed E-state index contributed by atoms with van der Waals surface area (Å²) in [5, 5.41) is 4.53. The van der Waals surface area contributed by atoms with Crippen molar-refractivity contribution in [3.05, 3.63) is 94.8 Å². The fraction of sp³-hybridized carbons (Fsp3) is 0.276. The Morgan fingerprint density at radius 2 is 1.57 bits per heavy atom. The number of anilines is 3. The molecule has 1 saturated heterocycles. The first-order valence-corrected chi connectivity index (χ1v) is 12.3. The molecule has 6 nitrogen and oxygen atoms in total. The zero-order chi connectivity index (χ0) is 24.2. The minimum atomic E-state index is -0.0301. The second kappa shape index (κ2) is 10.2. The molecule has 4 aromatic rings. The van der Waals surface area contributed by atoms with Gasteiger partial charge in [0.15, 0.2) is 0 Å². The molecule has 0 unspecified atom stereocenters. The van der Waals surface area contributed by atoms with Crippen LogP contribution >= 0.6 is 0 Å². The van der Waals surface area contributed by atoms with Gasteiger partial charge in [-0.2, -0.15) is 0 Å². The minimum Gasteiger partial charge on any atom is -0.494 e. The Balaban J connectivity index is 1.40. The third kappa shape index (κ3) is 5.17. The second-order valence-electron chi connectivity index (χ2n) is 9.03. The number of ether oxygens (including phenoxy) is 1. The van der Waals surface area contributed by atoms with Gasteiger partial charge in [-0.3, -0.25) is 4.79 Å². The topological polar surface area (TPSA) is 49.7 Å². The van der Waals surface area contributed by atoms with Gasteiger partial charge in [0.05, 0.1) is 18.7 Å². The van der Waals surface area contributed by atoms with E-state index in [4.69, 9.17) is 4.74 Å². The number of para-hydroxylation sites is 1. The highest BCUT2D eigenvalue weighted by molar-refractivity contribution is 5.84. The molecule has 1 N–H and O–H groups in total. The van der Waals surface area contributed by atoms with Crippen LogP contribution in [0.25, 0.3) is 10.9 Å². The molecule has 180 valence electrons. The largest absolute Gasteiger partial charge is 0.494 e. The van der Waals surface area contributed by atoms with Crippen LogP contribution in [0.3, 0.4) is 0 Å². The van der Waals surface area contributed by atoms with E-state index in [1.807, 2.05) is 41.8 Å². The van der Waals surface area contributed by atoms with Crippen LogP contribution in [0.15, 0.2) is 83.7 Å². The molecular formula is C29H32N4O2. The zero-order valence-electron chi connectivity index (χ0n) is 20.4. The van der Waals surface area contributed by atoms with E-state index in [1.54, 1.807) is 6.07 Å². The van der Waals surface area contributed by atoms with E-state index in [2.05, 4.69) is 64.6 Å². The van der Waals surface area contributed by atoms with E-state index in [9.17, 15) is 4.79 Å². The van der Waals surface area contributed by atoms with Crippen molar-refractivity contribution in [3.8, 4) is 5.75 Å². The summed E-state index contributed by atoms with van der Waals surface area (Å²) in [5.74, 6) is 0.814. The van der Waals surface area contributed by atoms with Crippen molar-refractivity contribution >= 4 is 28.0 Å². The normalized spacial score (nSPS) is 14.3. The van der Waals surface area contributed by atoms with Gasteiger partial charge in [0.25, 0.3) is 5.56 Å². The molecule has 0 amide bonds. The quantitative estimate of drug-likeness (QED) is 0.416. The molecule has 0 radical (unpaired) electrons. The third-order valence-electron chi connectivity index (χ3n) is 6.62. The number of likely N-dealkylation sites (N-methyl/N-ethyl adjacent to an activating group) is 1. The Kier molecular flexibility index (Phi) is 6.73. The third-order valence-corrected chi connectivity index (χ3v) is 6.62. The molecule has 1 aromatic heterocycles. The van der Waals surface area contributed by atoms with Crippen LogP contribution in [0.4, 0.5) is 17.1 Å². The van der Waals surface area contributed by atoms with E-state index in [-0.39, 0.29) is 5.56 Å². The van der Waals surface area contributed by atoms with Gasteiger partial charge >= 0.3 is 0 Å². The standard InChI is InChI=1S/C29H32N4O2/c1-3-35-28-7-5-4-6-23(28)21-33-27-20-25(10-8-22(27)9-15-29(33)34)30-24-11-13-26(14-12-24)32-18-16-31(2)17-19-32/h4-15,20,30H,3,16-19,21H2,1-2H3. The number of aromatic nitrogens is 1. The second-order valence-corrected chi connectivity index (χ2v) is 9.03. The van der Waals surface area contributed by atoms with Crippen molar-refractivity contribution < 1.29 is 4.74 Å². The van der Waals surface area contributed by atoms with Crippen molar-refractivity contribution in [2.24, 2.45) is 0 Å². The van der Waals surface area contributed by atoms with Gasteiger partial charge in [0.2, 0.25) is 0 Å². The van der Waals surface area contributed by atoms with Crippen LogP contribution in [-0.2, 0) is 6.54 Å². The fourth-order valence-corrected chi connectivity index (χ4v) is 4.62. The summed E-state index contributed by atoms with van der Waals surface area (Å²) in [6, 6.07) is 26.2. The van der Waals surface area contributed by atoms with Crippen molar-refractivity contribution in [1.82, 2.24) is 9.47 Å². The van der Waals surface area contributed by atoms with E-state index in [0.29, 0.717) is 13.2 Å². The number of pyridine rings is 1. The number of hydrogen-bond donors (Lipinski definition) is 1. The SMILES string of the molecule is CCOc1ccccc1Cn1c(=O)ccc2ccc(Nc3ccc(N4CCN(C)CC4)cc3)cc21. The molecule has 3 aromatic carbocycles. The van der Waals surface area contributed by atoms with Crippen molar-refractivity contribution in [2.45, 2.75) is 13.5 Å². The van der Waals surface area contributed by atoms with E-state index in [1.165, 1.54) is 5.69 Å². The monoisotopic (exact) mass is 468 g/mol. The molecule has 1 aliphatic rings. The number of benzene rings is 3. The van der Waals surface area contributed by atoms with Gasteiger partial charge < -0.3 is 24.4 Å². The Morgan fingerprint density at radius 3 is 2.34 bits per heavy atom. The molecule has 0 atom stereocenters. The van der Waals surface area contributed by atoms with Gasteiger partial charge in [-0.05, 0) is 67.9 Å². The smallest absolute Gasteiger partial charge is 0.251 e. The Bertz CT molecular complexity index is 1360. The number of nitrogens with one attached hydrogen (secondary N) is 1. The lowest BCUT2D eigenvalue weighted by Gasteiger charge is -2.34. The molecule has 0 saturated carbocycles. The van der Waals surface area contributed by atoms with Crippen LogP contribution in [0, 0.1) is 0 Å². The van der Waals surface area contributed by atoms with Crippen LogP contribution in [0.2, 0.25) is 0 Å². The molecule has 1 fully saturated rings.